The van der Waals surface area contributed by atoms with Crippen LogP contribution in [-0.2, 0) is 4.74 Å². The van der Waals surface area contributed by atoms with Gasteiger partial charge in [0.15, 0.2) is 0 Å². The molecule has 2 aliphatic rings. The highest BCUT2D eigenvalue weighted by atomic mass is 79.9. The Morgan fingerprint density at radius 3 is 2.85 bits per heavy atom. The van der Waals surface area contributed by atoms with E-state index in [-0.39, 0.29) is 5.91 Å². The SMILES string of the molecule is Cc1cccc(C(=O)N(CC2CCOC2)C2CC2)c1Br. The van der Waals surface area contributed by atoms with E-state index in [0.717, 1.165) is 54.6 Å². The highest BCUT2D eigenvalue weighted by molar-refractivity contribution is 9.10. The maximum atomic E-state index is 12.8. The number of hydrogen-bond donors (Lipinski definition) is 0. The molecule has 0 radical (unpaired) electrons. The van der Waals surface area contributed by atoms with E-state index >= 15 is 0 Å². The van der Waals surface area contributed by atoms with Crippen molar-refractivity contribution in [3.05, 3.63) is 33.8 Å². The third-order valence-electron chi connectivity index (χ3n) is 4.15. The first-order valence-corrected chi connectivity index (χ1v) is 8.10. The molecule has 108 valence electrons. The number of rotatable bonds is 4. The molecule has 1 aromatic carbocycles. The molecule has 1 saturated carbocycles. The second kappa shape index (κ2) is 5.86. The van der Waals surface area contributed by atoms with Gasteiger partial charge in [0.2, 0.25) is 0 Å². The average molecular weight is 338 g/mol. The summed E-state index contributed by atoms with van der Waals surface area (Å²) in [4.78, 5) is 14.9. The number of hydrogen-bond acceptors (Lipinski definition) is 2. The molecular weight excluding hydrogens is 318 g/mol. The van der Waals surface area contributed by atoms with Crippen LogP contribution in [0.4, 0.5) is 0 Å². The third-order valence-corrected chi connectivity index (χ3v) is 5.20. The highest BCUT2D eigenvalue weighted by Crippen LogP contribution is 2.32. The summed E-state index contributed by atoms with van der Waals surface area (Å²) in [5.41, 5.74) is 1.90. The topological polar surface area (TPSA) is 29.5 Å². The van der Waals surface area contributed by atoms with E-state index in [9.17, 15) is 4.79 Å². The molecule has 20 heavy (non-hydrogen) atoms. The first kappa shape index (κ1) is 14.1. The maximum absolute atomic E-state index is 12.8. The van der Waals surface area contributed by atoms with Crippen molar-refractivity contribution < 1.29 is 9.53 Å². The van der Waals surface area contributed by atoms with Crippen molar-refractivity contribution in [3.8, 4) is 0 Å². The zero-order valence-corrected chi connectivity index (χ0v) is 13.4. The average Bonchev–Trinajstić information content (AvgIpc) is 3.15. The summed E-state index contributed by atoms with van der Waals surface area (Å²) in [5.74, 6) is 0.665. The monoisotopic (exact) mass is 337 g/mol. The van der Waals surface area contributed by atoms with Gasteiger partial charge in [-0.1, -0.05) is 12.1 Å². The number of ether oxygens (including phenoxy) is 1. The van der Waals surface area contributed by atoms with Crippen LogP contribution in [0.1, 0.15) is 35.2 Å². The number of halogens is 1. The largest absolute Gasteiger partial charge is 0.381 e. The van der Waals surface area contributed by atoms with E-state index in [1.165, 1.54) is 0 Å². The standard InChI is InChI=1S/C16H20BrNO2/c1-11-3-2-4-14(15(11)17)16(19)18(13-5-6-13)9-12-7-8-20-10-12/h2-4,12-13H,5-10H2,1H3. The van der Waals surface area contributed by atoms with Gasteiger partial charge in [0.25, 0.3) is 5.91 Å². The lowest BCUT2D eigenvalue weighted by Gasteiger charge is -2.26. The normalized spacial score (nSPS) is 22.0. The minimum Gasteiger partial charge on any atom is -0.381 e. The predicted octanol–water partition coefficient (Wildman–Crippen LogP) is 3.40. The summed E-state index contributed by atoms with van der Waals surface area (Å²) in [5, 5.41) is 0. The lowest BCUT2D eigenvalue weighted by Crippen LogP contribution is -2.37. The van der Waals surface area contributed by atoms with Crippen LogP contribution < -0.4 is 0 Å². The van der Waals surface area contributed by atoms with Crippen LogP contribution in [-0.4, -0.2) is 36.6 Å². The number of nitrogens with zero attached hydrogens (tertiary/aromatic N) is 1. The maximum Gasteiger partial charge on any atom is 0.255 e. The molecule has 3 rings (SSSR count). The van der Waals surface area contributed by atoms with Gasteiger partial charge in [-0.15, -0.1) is 0 Å². The molecule has 1 unspecified atom stereocenters. The van der Waals surface area contributed by atoms with E-state index in [1.807, 2.05) is 25.1 Å². The Morgan fingerprint density at radius 2 is 2.20 bits per heavy atom. The van der Waals surface area contributed by atoms with Crippen molar-refractivity contribution in [1.82, 2.24) is 4.90 Å². The van der Waals surface area contributed by atoms with Gasteiger partial charge in [0, 0.05) is 29.6 Å². The van der Waals surface area contributed by atoms with Crippen LogP contribution in [0.25, 0.3) is 0 Å². The fourth-order valence-electron chi connectivity index (χ4n) is 2.76. The number of aryl methyl sites for hydroxylation is 1. The van der Waals surface area contributed by atoms with Crippen molar-refractivity contribution in [2.45, 2.75) is 32.2 Å². The molecule has 1 heterocycles. The van der Waals surface area contributed by atoms with Crippen LogP contribution in [0.5, 0.6) is 0 Å². The fourth-order valence-corrected chi connectivity index (χ4v) is 3.19. The van der Waals surface area contributed by atoms with E-state index in [0.29, 0.717) is 12.0 Å². The second-order valence-corrected chi connectivity index (χ2v) is 6.65. The zero-order valence-electron chi connectivity index (χ0n) is 11.8. The van der Waals surface area contributed by atoms with Gasteiger partial charge in [-0.2, -0.15) is 0 Å². The van der Waals surface area contributed by atoms with Crippen LogP contribution in [0.2, 0.25) is 0 Å². The molecule has 1 amide bonds. The molecule has 1 aromatic rings. The van der Waals surface area contributed by atoms with Gasteiger partial charge in [-0.3, -0.25) is 4.79 Å². The predicted molar refractivity (Wildman–Crippen MR) is 81.9 cm³/mol. The fraction of sp³-hybridized carbons (Fsp3) is 0.562. The number of carbonyl (C=O) groups is 1. The Bertz CT molecular complexity index is 507. The molecule has 0 N–H and O–H groups in total. The van der Waals surface area contributed by atoms with Crippen molar-refractivity contribution in [3.63, 3.8) is 0 Å². The smallest absolute Gasteiger partial charge is 0.255 e. The first-order chi connectivity index (χ1) is 9.66. The van der Waals surface area contributed by atoms with Crippen LogP contribution >= 0.6 is 15.9 Å². The van der Waals surface area contributed by atoms with Gasteiger partial charge in [-0.25, -0.2) is 0 Å². The Morgan fingerprint density at radius 1 is 1.40 bits per heavy atom. The molecular formula is C16H20BrNO2. The van der Waals surface area contributed by atoms with Gasteiger partial charge >= 0.3 is 0 Å². The molecule has 3 nitrogen and oxygen atoms in total. The molecule has 4 heteroatoms. The van der Waals surface area contributed by atoms with Crippen LogP contribution in [0.3, 0.4) is 0 Å². The number of benzene rings is 1. The molecule has 0 aromatic heterocycles. The zero-order chi connectivity index (χ0) is 14.1. The minimum absolute atomic E-state index is 0.162. The molecule has 0 spiro atoms. The van der Waals surface area contributed by atoms with E-state index in [2.05, 4.69) is 20.8 Å². The Hall–Kier alpha value is -0.870. The molecule has 1 aliphatic heterocycles. The van der Waals surface area contributed by atoms with Crippen molar-refractivity contribution in [1.29, 1.82) is 0 Å². The molecule has 2 fully saturated rings. The summed E-state index contributed by atoms with van der Waals surface area (Å²) in [6.45, 7) is 4.49. The van der Waals surface area contributed by atoms with Crippen molar-refractivity contribution in [2.75, 3.05) is 19.8 Å². The lowest BCUT2D eigenvalue weighted by atomic mass is 10.1. The van der Waals surface area contributed by atoms with Crippen LogP contribution in [0.15, 0.2) is 22.7 Å². The summed E-state index contributed by atoms with van der Waals surface area (Å²) in [6, 6.07) is 6.33. The number of carbonyl (C=O) groups excluding carboxylic acids is 1. The first-order valence-electron chi connectivity index (χ1n) is 7.30. The van der Waals surface area contributed by atoms with Gasteiger partial charge in [-0.05, 0) is 53.7 Å². The summed E-state index contributed by atoms with van der Waals surface area (Å²) >= 11 is 3.56. The van der Waals surface area contributed by atoms with E-state index in [4.69, 9.17) is 4.74 Å². The molecule has 1 aliphatic carbocycles. The lowest BCUT2D eigenvalue weighted by molar-refractivity contribution is 0.0705. The third kappa shape index (κ3) is 2.91. The van der Waals surface area contributed by atoms with E-state index in [1.54, 1.807) is 0 Å². The highest BCUT2D eigenvalue weighted by Gasteiger charge is 2.35. The van der Waals surface area contributed by atoms with Crippen molar-refractivity contribution in [2.24, 2.45) is 5.92 Å². The van der Waals surface area contributed by atoms with Gasteiger partial charge in [0.05, 0.1) is 12.2 Å². The molecule has 1 atom stereocenters. The minimum atomic E-state index is 0.162. The van der Waals surface area contributed by atoms with Gasteiger partial charge in [0.1, 0.15) is 0 Å². The quantitative estimate of drug-likeness (QED) is 0.842. The Labute approximate surface area is 128 Å². The van der Waals surface area contributed by atoms with Crippen LogP contribution in [0, 0.1) is 12.8 Å². The number of amides is 1. The van der Waals surface area contributed by atoms with Crippen molar-refractivity contribution >= 4 is 21.8 Å². The molecule has 1 saturated heterocycles. The molecule has 0 bridgehead atoms. The Balaban J connectivity index is 1.79. The summed E-state index contributed by atoms with van der Waals surface area (Å²) in [6.07, 6.45) is 3.36. The van der Waals surface area contributed by atoms with E-state index < -0.39 is 0 Å². The second-order valence-electron chi connectivity index (χ2n) is 5.85. The summed E-state index contributed by atoms with van der Waals surface area (Å²) < 4.78 is 6.37. The Kier molecular flexibility index (Phi) is 4.13. The van der Waals surface area contributed by atoms with Gasteiger partial charge < -0.3 is 9.64 Å². The summed E-state index contributed by atoms with van der Waals surface area (Å²) in [7, 11) is 0.